The molecule has 7 nitrogen and oxygen atoms in total. The van der Waals surface area contributed by atoms with Crippen molar-refractivity contribution < 1.29 is 18.0 Å². The van der Waals surface area contributed by atoms with Crippen LogP contribution in [0.2, 0.25) is 5.02 Å². The largest absolute Gasteiger partial charge is 0.416 e. The van der Waals surface area contributed by atoms with Crippen LogP contribution in [-0.4, -0.2) is 25.1 Å². The van der Waals surface area contributed by atoms with Crippen molar-refractivity contribution >= 4 is 44.9 Å². The number of halogens is 5. The Hall–Kier alpha value is -2.40. The van der Waals surface area contributed by atoms with Gasteiger partial charge in [-0.3, -0.25) is 9.59 Å². The average Bonchev–Trinajstić information content (AvgIpc) is 3.00. The second-order valence-electron chi connectivity index (χ2n) is 5.75. The maximum atomic E-state index is 12.7. The van der Waals surface area contributed by atoms with Gasteiger partial charge >= 0.3 is 6.18 Å². The minimum Gasteiger partial charge on any atom is -0.323 e. The Morgan fingerprint density at radius 2 is 2.04 bits per heavy atom. The van der Waals surface area contributed by atoms with Gasteiger partial charge in [0.1, 0.15) is 6.54 Å². The summed E-state index contributed by atoms with van der Waals surface area (Å²) in [5, 5.41) is 6.14. The molecular weight excluding hydrogens is 467 g/mol. The molecule has 0 aliphatic rings. The number of fused-ring (bicyclic) bond motifs is 1. The van der Waals surface area contributed by atoms with E-state index in [1.54, 1.807) is 6.92 Å². The number of hydrogen-bond acceptors (Lipinski definition) is 4. The van der Waals surface area contributed by atoms with Crippen molar-refractivity contribution in [2.24, 2.45) is 0 Å². The third kappa shape index (κ3) is 4.04. The molecule has 1 N–H and O–H groups in total. The van der Waals surface area contributed by atoms with Gasteiger partial charge in [0, 0.05) is 11.8 Å². The number of aryl methyl sites for hydroxylation is 1. The molecule has 0 saturated heterocycles. The highest BCUT2D eigenvalue weighted by atomic mass is 79.9. The summed E-state index contributed by atoms with van der Waals surface area (Å²) in [6.07, 6.45) is -4.09. The van der Waals surface area contributed by atoms with Crippen LogP contribution >= 0.6 is 27.5 Å². The van der Waals surface area contributed by atoms with Gasteiger partial charge in [0.05, 0.1) is 16.3 Å². The van der Waals surface area contributed by atoms with Gasteiger partial charge in [-0.05, 0) is 40.5 Å². The van der Waals surface area contributed by atoms with Crippen molar-refractivity contribution in [3.8, 4) is 0 Å². The highest BCUT2D eigenvalue weighted by Crippen LogP contribution is 2.33. The van der Waals surface area contributed by atoms with E-state index >= 15 is 0 Å². The quantitative estimate of drug-likeness (QED) is 0.622. The lowest BCUT2D eigenvalue weighted by Crippen LogP contribution is -2.26. The molecule has 0 aliphatic carbocycles. The Morgan fingerprint density at radius 1 is 1.32 bits per heavy atom. The monoisotopic (exact) mass is 477 g/mol. The highest BCUT2D eigenvalue weighted by Gasteiger charge is 2.31. The van der Waals surface area contributed by atoms with Gasteiger partial charge in [0.25, 0.3) is 5.56 Å². The van der Waals surface area contributed by atoms with E-state index in [-0.39, 0.29) is 27.8 Å². The first-order valence-electron chi connectivity index (χ1n) is 7.91. The van der Waals surface area contributed by atoms with Crippen molar-refractivity contribution in [2.45, 2.75) is 26.1 Å². The lowest BCUT2D eigenvalue weighted by atomic mass is 10.2. The summed E-state index contributed by atoms with van der Waals surface area (Å²) in [4.78, 5) is 28.6. The van der Waals surface area contributed by atoms with Gasteiger partial charge in [-0.1, -0.05) is 18.5 Å². The molecule has 0 spiro atoms. The third-order valence-electron chi connectivity index (χ3n) is 3.89. The van der Waals surface area contributed by atoms with Crippen LogP contribution in [0.4, 0.5) is 18.9 Å². The SMILES string of the molecule is CCc1cc(=O)n2nc(Br)nc2n1CC(=O)Nc1ccc(C(F)(F)F)cc1Cl. The van der Waals surface area contributed by atoms with Crippen molar-refractivity contribution in [3.05, 3.63) is 55.6 Å². The third-order valence-corrected chi connectivity index (χ3v) is 4.53. The molecule has 2 aromatic heterocycles. The molecule has 28 heavy (non-hydrogen) atoms. The number of carbonyl (C=O) groups is 1. The average molecular weight is 479 g/mol. The van der Waals surface area contributed by atoms with Crippen LogP contribution in [0.1, 0.15) is 18.2 Å². The molecule has 1 amide bonds. The zero-order valence-corrected chi connectivity index (χ0v) is 16.6. The predicted molar refractivity (Wildman–Crippen MR) is 99.4 cm³/mol. The summed E-state index contributed by atoms with van der Waals surface area (Å²) in [5.41, 5.74) is -0.727. The van der Waals surface area contributed by atoms with E-state index in [1.807, 2.05) is 0 Å². The van der Waals surface area contributed by atoms with Crippen molar-refractivity contribution in [1.82, 2.24) is 19.2 Å². The maximum absolute atomic E-state index is 12.7. The molecule has 0 aliphatic heterocycles. The summed E-state index contributed by atoms with van der Waals surface area (Å²) in [7, 11) is 0. The normalized spacial score (nSPS) is 11.8. The summed E-state index contributed by atoms with van der Waals surface area (Å²) in [6.45, 7) is 1.56. The molecule has 0 atom stereocenters. The standard InChI is InChI=1S/C16H12BrClF3N5O2/c1-2-9-6-13(28)26-15(23-14(17)24-26)25(9)7-12(27)22-11-4-3-8(5-10(11)18)16(19,20)21/h3-6H,2,7H2,1H3,(H,22,27). The number of nitrogens with zero attached hydrogens (tertiary/aromatic N) is 4. The van der Waals surface area contributed by atoms with E-state index in [4.69, 9.17) is 11.6 Å². The number of rotatable bonds is 4. The number of anilines is 1. The molecule has 0 bridgehead atoms. The fraction of sp³-hybridized carbons (Fsp3) is 0.250. The predicted octanol–water partition coefficient (Wildman–Crippen LogP) is 3.53. The molecule has 148 valence electrons. The van der Waals surface area contributed by atoms with Gasteiger partial charge in [0.2, 0.25) is 16.4 Å². The number of amides is 1. The lowest BCUT2D eigenvalue weighted by Gasteiger charge is -2.14. The summed E-state index contributed by atoms with van der Waals surface area (Å²) in [6, 6.07) is 3.99. The lowest BCUT2D eigenvalue weighted by molar-refractivity contribution is -0.137. The Morgan fingerprint density at radius 3 is 2.64 bits per heavy atom. The number of hydrogen-bond donors (Lipinski definition) is 1. The molecule has 0 unspecified atom stereocenters. The molecule has 2 heterocycles. The Labute approximate surface area is 169 Å². The van der Waals surface area contributed by atoms with Gasteiger partial charge < -0.3 is 9.88 Å². The Kier molecular flexibility index (Phi) is 5.48. The summed E-state index contributed by atoms with van der Waals surface area (Å²) in [5.74, 6) is -0.397. The molecule has 1 aromatic carbocycles. The number of carbonyl (C=O) groups excluding carboxylic acids is 1. The van der Waals surface area contributed by atoms with Crippen LogP contribution in [0, 0.1) is 0 Å². The Bertz CT molecular complexity index is 1130. The molecule has 0 saturated carbocycles. The minimum atomic E-state index is -4.54. The molecule has 0 fully saturated rings. The zero-order chi connectivity index (χ0) is 20.6. The summed E-state index contributed by atoms with van der Waals surface area (Å²) >= 11 is 8.95. The maximum Gasteiger partial charge on any atom is 0.416 e. The van der Waals surface area contributed by atoms with E-state index in [2.05, 4.69) is 31.3 Å². The molecular formula is C16H12BrClF3N5O2. The van der Waals surface area contributed by atoms with E-state index in [1.165, 1.54) is 10.6 Å². The Balaban J connectivity index is 1.90. The first kappa shape index (κ1) is 20.3. The van der Waals surface area contributed by atoms with Crippen LogP contribution in [0.25, 0.3) is 5.78 Å². The topological polar surface area (TPSA) is 81.3 Å². The van der Waals surface area contributed by atoms with Crippen LogP contribution in [-0.2, 0) is 23.9 Å². The highest BCUT2D eigenvalue weighted by molar-refractivity contribution is 9.10. The van der Waals surface area contributed by atoms with Crippen LogP contribution < -0.4 is 10.9 Å². The zero-order valence-electron chi connectivity index (χ0n) is 14.2. The smallest absolute Gasteiger partial charge is 0.323 e. The first-order chi connectivity index (χ1) is 13.1. The second-order valence-corrected chi connectivity index (χ2v) is 6.86. The van der Waals surface area contributed by atoms with E-state index < -0.39 is 23.2 Å². The van der Waals surface area contributed by atoms with Gasteiger partial charge in [-0.2, -0.15) is 22.7 Å². The number of nitrogens with one attached hydrogen (secondary N) is 1. The molecule has 3 aromatic rings. The van der Waals surface area contributed by atoms with E-state index in [0.717, 1.165) is 22.7 Å². The van der Waals surface area contributed by atoms with E-state index in [0.29, 0.717) is 12.1 Å². The fourth-order valence-electron chi connectivity index (χ4n) is 2.60. The van der Waals surface area contributed by atoms with Crippen molar-refractivity contribution in [2.75, 3.05) is 5.32 Å². The van der Waals surface area contributed by atoms with Gasteiger partial charge in [-0.15, -0.1) is 5.10 Å². The van der Waals surface area contributed by atoms with Crippen molar-refractivity contribution in [3.63, 3.8) is 0 Å². The van der Waals surface area contributed by atoms with Crippen molar-refractivity contribution in [1.29, 1.82) is 0 Å². The fourth-order valence-corrected chi connectivity index (χ4v) is 3.15. The number of aromatic nitrogens is 4. The van der Waals surface area contributed by atoms with Gasteiger partial charge in [0.15, 0.2) is 0 Å². The first-order valence-corrected chi connectivity index (χ1v) is 9.09. The van der Waals surface area contributed by atoms with Gasteiger partial charge in [-0.25, -0.2) is 0 Å². The molecule has 12 heteroatoms. The summed E-state index contributed by atoms with van der Waals surface area (Å²) < 4.78 is 40.9. The van der Waals surface area contributed by atoms with Crippen LogP contribution in [0.3, 0.4) is 0 Å². The van der Waals surface area contributed by atoms with Crippen LogP contribution in [0.5, 0.6) is 0 Å². The number of benzene rings is 1. The molecule has 0 radical (unpaired) electrons. The van der Waals surface area contributed by atoms with Crippen LogP contribution in [0.15, 0.2) is 33.8 Å². The minimum absolute atomic E-state index is 0.0393. The number of alkyl halides is 3. The van der Waals surface area contributed by atoms with E-state index in [9.17, 15) is 22.8 Å². The molecule has 3 rings (SSSR count). The second kappa shape index (κ2) is 7.55.